The average molecular weight is 854 g/mol. The van der Waals surface area contributed by atoms with Crippen molar-refractivity contribution in [3.05, 3.63) is 40.4 Å². The molecule has 57 heavy (non-hydrogen) atoms. The minimum Gasteiger partial charge on any atom is -0.394 e. The van der Waals surface area contributed by atoms with E-state index in [0.717, 1.165) is 32.8 Å². The highest BCUT2D eigenvalue weighted by Crippen LogP contribution is 2.33. The summed E-state index contributed by atoms with van der Waals surface area (Å²) >= 11 is 5.99. The Bertz CT molecular complexity index is 1610. The van der Waals surface area contributed by atoms with E-state index in [1.165, 1.54) is 0 Å². The highest BCUT2D eigenvalue weighted by molar-refractivity contribution is 8.00. The van der Waals surface area contributed by atoms with Crippen molar-refractivity contribution >= 4 is 32.4 Å². The summed E-state index contributed by atoms with van der Waals surface area (Å²) in [6.07, 6.45) is -16.5. The lowest BCUT2D eigenvalue weighted by molar-refractivity contribution is -0.332. The lowest BCUT2D eigenvalue weighted by Crippen LogP contribution is -2.68. The second-order valence-corrected chi connectivity index (χ2v) is 16.6. The number of nitrogens with one attached hydrogen (secondary N) is 1. The third kappa shape index (κ3) is 10.7. The second-order valence-electron chi connectivity index (χ2n) is 14.5. The molecular weight excluding hydrogens is 798 g/mol. The molecule has 0 spiro atoms. The van der Waals surface area contributed by atoms with Gasteiger partial charge in [0, 0.05) is 48.9 Å². The van der Waals surface area contributed by atoms with Gasteiger partial charge in [0.15, 0.2) is 12.6 Å². The summed E-state index contributed by atoms with van der Waals surface area (Å²) in [5, 5.41) is 71.4. The molecule has 0 radical (unpaired) electrons. The quantitative estimate of drug-likeness (QED) is 0.104. The van der Waals surface area contributed by atoms with Gasteiger partial charge in [0.1, 0.15) is 71.8 Å². The van der Waals surface area contributed by atoms with E-state index < -0.39 is 108 Å². The lowest BCUT2D eigenvalue weighted by Gasteiger charge is -2.48. The van der Waals surface area contributed by atoms with Crippen LogP contribution in [0.25, 0.3) is 4.91 Å². The number of ether oxygens (including phenoxy) is 5. The molecule has 0 bridgehead atoms. The van der Waals surface area contributed by atoms with E-state index in [9.17, 15) is 44.2 Å². The van der Waals surface area contributed by atoms with Gasteiger partial charge in [-0.15, -0.1) is 0 Å². The smallest absolute Gasteiger partial charge is 0.264 e. The summed E-state index contributed by atoms with van der Waals surface area (Å²) < 4.78 is 54.9. The highest BCUT2D eigenvalue weighted by Gasteiger charge is 2.51. The average Bonchev–Trinajstić information content (AvgIpc) is 3.41. The van der Waals surface area contributed by atoms with Gasteiger partial charge in [0.25, 0.3) is 10.0 Å². The molecule has 0 aromatic heterocycles. The van der Waals surface area contributed by atoms with Crippen LogP contribution in [0.1, 0.15) is 18.9 Å². The zero-order chi connectivity index (χ0) is 41.8. The molecule has 6 rings (SSSR count). The molecule has 16 N–H and O–H groups in total. The topological polar surface area (TPSA) is 354 Å². The van der Waals surface area contributed by atoms with Crippen LogP contribution in [0.3, 0.4) is 0 Å². The van der Waals surface area contributed by atoms with E-state index >= 15 is 0 Å². The van der Waals surface area contributed by atoms with Crippen molar-refractivity contribution < 1.29 is 67.8 Å². The number of amidine groups is 1. The molecule has 1 aromatic rings. The van der Waals surface area contributed by atoms with E-state index in [-0.39, 0.29) is 17.9 Å². The van der Waals surface area contributed by atoms with Gasteiger partial charge in [-0.1, -0.05) is 23.7 Å². The minimum absolute atomic E-state index is 0.0849. The minimum atomic E-state index is -3.60. The van der Waals surface area contributed by atoms with Gasteiger partial charge in [-0.25, -0.2) is 8.42 Å². The zero-order valence-corrected chi connectivity index (χ0v) is 32.9. The number of hydrogen-bond donors (Lipinski definition) is 12. The first-order valence-corrected chi connectivity index (χ1v) is 20.5. The number of aliphatic hydroxyl groups excluding tert-OH is 7. The van der Waals surface area contributed by atoms with Crippen molar-refractivity contribution in [2.75, 3.05) is 52.5 Å². The van der Waals surface area contributed by atoms with Gasteiger partial charge in [-0.3, -0.25) is 14.6 Å². The molecule has 21 nitrogen and oxygen atoms in total. The van der Waals surface area contributed by atoms with E-state index in [4.69, 9.17) is 58.2 Å². The van der Waals surface area contributed by atoms with Gasteiger partial charge in [0.2, 0.25) is 0 Å². The molecule has 0 amide bonds. The van der Waals surface area contributed by atoms with Crippen LogP contribution >= 0.6 is 11.6 Å². The fourth-order valence-corrected chi connectivity index (χ4v) is 8.95. The Morgan fingerprint density at radius 3 is 2.11 bits per heavy atom. The first kappa shape index (κ1) is 46.1. The number of rotatable bonds is 10. The molecule has 4 fully saturated rings. The van der Waals surface area contributed by atoms with Crippen molar-refractivity contribution in [1.82, 2.24) is 9.62 Å². The summed E-state index contributed by atoms with van der Waals surface area (Å²) in [6, 6.07) is 3.98. The summed E-state index contributed by atoms with van der Waals surface area (Å²) in [5.74, 6) is 0.415. The molecule has 324 valence electrons. The van der Waals surface area contributed by atoms with Crippen molar-refractivity contribution in [1.29, 1.82) is 0 Å². The van der Waals surface area contributed by atoms with Crippen LogP contribution in [-0.2, 0) is 33.7 Å². The van der Waals surface area contributed by atoms with Crippen LogP contribution < -0.4 is 27.7 Å². The number of nitrogens with zero attached hydrogens (tertiary/aromatic N) is 2. The van der Waals surface area contributed by atoms with Crippen LogP contribution in [0.2, 0.25) is 5.02 Å². The predicted molar refractivity (Wildman–Crippen MR) is 203 cm³/mol. The molecule has 1 saturated carbocycles. The Hall–Kier alpha value is -2.01. The predicted octanol–water partition coefficient (Wildman–Crippen LogP) is -5.56. The number of aliphatic imine (C=N–C) groups is 1. The SMILES string of the molecule is CC1=C(c2cccc(Cl)c2)S(=O)(=O)NC1=NCCN1CCOCC1.NC[C@H]1O[C@H](O[C@H]2[C@H](O)[C@@H](O[C@H]3O[C@H](CO)[C@@H](O)[C@H](N)[C@H]3O)[C@H](N)C[C@@H]2N)[C@H](O)[C@@H](O)[C@@H]1O. The molecule has 4 heterocycles. The largest absolute Gasteiger partial charge is 0.394 e. The fraction of sp³-hybridized carbons (Fsp3) is 0.735. The van der Waals surface area contributed by atoms with Gasteiger partial charge < -0.3 is 82.4 Å². The Balaban J connectivity index is 0.000000228. The first-order chi connectivity index (χ1) is 27.0. The maximum atomic E-state index is 12.4. The molecule has 1 aliphatic carbocycles. The molecule has 3 saturated heterocycles. The Labute approximate surface area is 335 Å². The Morgan fingerprint density at radius 2 is 1.51 bits per heavy atom. The van der Waals surface area contributed by atoms with Crippen molar-refractivity contribution in [2.45, 2.75) is 105 Å². The van der Waals surface area contributed by atoms with Crippen LogP contribution in [-0.4, -0.2) is 199 Å². The summed E-state index contributed by atoms with van der Waals surface area (Å²) in [4.78, 5) is 6.95. The van der Waals surface area contributed by atoms with E-state index in [2.05, 4.69) is 14.6 Å². The number of nitrogens with two attached hydrogens (primary N) is 4. The third-order valence-electron chi connectivity index (χ3n) is 10.6. The monoisotopic (exact) mass is 853 g/mol. The molecule has 4 aliphatic heterocycles. The molecule has 15 atom stereocenters. The number of halogens is 1. The maximum Gasteiger partial charge on any atom is 0.264 e. The number of benzene rings is 1. The Kier molecular flexibility index (Phi) is 16.2. The van der Waals surface area contributed by atoms with E-state index in [1.807, 2.05) is 0 Å². The molecular formula is C34H56ClN7O14S. The van der Waals surface area contributed by atoms with Gasteiger partial charge in [-0.2, -0.15) is 0 Å². The van der Waals surface area contributed by atoms with Crippen LogP contribution in [0, 0.1) is 0 Å². The fourth-order valence-electron chi connectivity index (χ4n) is 7.24. The van der Waals surface area contributed by atoms with Crippen molar-refractivity contribution in [3.8, 4) is 0 Å². The molecule has 1 aromatic carbocycles. The molecule has 23 heteroatoms. The Morgan fingerprint density at radius 1 is 0.895 bits per heavy atom. The highest BCUT2D eigenvalue weighted by atomic mass is 35.5. The lowest BCUT2D eigenvalue weighted by atomic mass is 9.84. The summed E-state index contributed by atoms with van der Waals surface area (Å²) in [6.45, 7) is 5.58. The van der Waals surface area contributed by atoms with E-state index in [1.54, 1.807) is 31.2 Å². The van der Waals surface area contributed by atoms with Gasteiger partial charge in [0.05, 0.1) is 32.4 Å². The third-order valence-corrected chi connectivity index (χ3v) is 12.3. The number of aliphatic hydroxyl groups is 7. The first-order valence-electron chi connectivity index (χ1n) is 18.6. The standard InChI is InChI=1S/C18H36N4O11.C16H20ClN3O3S/c19-2-6-10(25)12(27)13(28)18(30-6)33-16-5(21)1-4(20)15(14(16)29)32-17-11(26)8(22)9(24)7(3-23)31-17;1-12-15(13-3-2-4-14(17)11-13)24(21,22)19-16(12)18-5-6-20-7-9-23-10-8-20/h4-18,23-29H,1-3,19-22H2;2-4,11H,5-10H2,1H3,(H,18,19)/t4-,5+,6-,7-,8+,9-,10-,11-,12+,13-,14-,15+,16-,17-,18-;/m1./s1. The number of morpholine rings is 1. The molecule has 5 aliphatic rings. The van der Waals surface area contributed by atoms with Crippen molar-refractivity contribution in [3.63, 3.8) is 0 Å². The van der Waals surface area contributed by atoms with Gasteiger partial charge >= 0.3 is 0 Å². The second kappa shape index (κ2) is 20.0. The number of sulfonamides is 1. The molecule has 0 unspecified atom stereocenters. The number of hydrogen-bond acceptors (Lipinski definition) is 20. The van der Waals surface area contributed by atoms with Crippen LogP contribution in [0.5, 0.6) is 0 Å². The van der Waals surface area contributed by atoms with Crippen molar-refractivity contribution in [2.24, 2.45) is 27.9 Å². The van der Waals surface area contributed by atoms with Crippen LogP contribution in [0.4, 0.5) is 0 Å². The summed E-state index contributed by atoms with van der Waals surface area (Å²) in [7, 11) is -3.60. The van der Waals surface area contributed by atoms with Gasteiger partial charge in [-0.05, 0) is 31.0 Å². The zero-order valence-electron chi connectivity index (χ0n) is 31.3. The van der Waals surface area contributed by atoms with Crippen LogP contribution in [0.15, 0.2) is 34.8 Å². The maximum absolute atomic E-state index is 12.4. The normalized spacial score (nSPS) is 40.7. The summed E-state index contributed by atoms with van der Waals surface area (Å²) in [5.41, 5.74) is 24.7. The van der Waals surface area contributed by atoms with E-state index in [0.29, 0.717) is 28.5 Å².